The Morgan fingerprint density at radius 3 is 3.08 bits per heavy atom. The SMILES string of the molecule is C=CN1CCCC(NC(=C)NCc2cc3cc(CC)ccc3[nH]2)C1. The van der Waals surface area contributed by atoms with Crippen molar-refractivity contribution in [1.82, 2.24) is 20.5 Å². The number of piperidine rings is 1. The summed E-state index contributed by atoms with van der Waals surface area (Å²) in [4.78, 5) is 5.73. The predicted octanol–water partition coefficient (Wildman–Crippen LogP) is 3.49. The second-order valence-electron chi connectivity index (χ2n) is 6.56. The number of aryl methyl sites for hydroxylation is 1. The Morgan fingerprint density at radius 2 is 2.29 bits per heavy atom. The number of likely N-dealkylation sites (tertiary alicyclic amines) is 1. The van der Waals surface area contributed by atoms with Crippen molar-refractivity contribution in [3.8, 4) is 0 Å². The highest BCUT2D eigenvalue weighted by atomic mass is 15.2. The van der Waals surface area contributed by atoms with Crippen molar-refractivity contribution in [3.63, 3.8) is 0 Å². The molecule has 1 atom stereocenters. The van der Waals surface area contributed by atoms with Crippen LogP contribution in [-0.2, 0) is 13.0 Å². The van der Waals surface area contributed by atoms with E-state index in [0.717, 1.165) is 31.9 Å². The second kappa shape index (κ2) is 7.47. The smallest absolute Gasteiger partial charge is 0.0918 e. The summed E-state index contributed by atoms with van der Waals surface area (Å²) in [5.74, 6) is 0.888. The van der Waals surface area contributed by atoms with Crippen LogP contribution in [0.4, 0.5) is 0 Å². The molecule has 4 heteroatoms. The lowest BCUT2D eigenvalue weighted by Crippen LogP contribution is -2.44. The normalized spacial score (nSPS) is 17.7. The molecule has 0 spiro atoms. The molecule has 1 aliphatic heterocycles. The fourth-order valence-corrected chi connectivity index (χ4v) is 3.35. The summed E-state index contributed by atoms with van der Waals surface area (Å²) in [5, 5.41) is 8.16. The number of fused-ring (bicyclic) bond motifs is 1. The molecule has 0 radical (unpaired) electrons. The molecule has 0 bridgehead atoms. The van der Waals surface area contributed by atoms with E-state index in [1.165, 1.54) is 35.0 Å². The summed E-state index contributed by atoms with van der Waals surface area (Å²) >= 11 is 0. The van der Waals surface area contributed by atoms with E-state index >= 15 is 0 Å². The van der Waals surface area contributed by atoms with Gasteiger partial charge in [-0.1, -0.05) is 26.1 Å². The maximum atomic E-state index is 4.12. The molecule has 3 rings (SSSR count). The Balaban J connectivity index is 1.53. The molecule has 1 fully saturated rings. The van der Waals surface area contributed by atoms with Gasteiger partial charge in [-0.25, -0.2) is 0 Å². The van der Waals surface area contributed by atoms with Crippen molar-refractivity contribution in [2.24, 2.45) is 0 Å². The molecule has 2 heterocycles. The van der Waals surface area contributed by atoms with Crippen LogP contribution in [0.5, 0.6) is 0 Å². The van der Waals surface area contributed by atoms with E-state index in [1.807, 2.05) is 6.20 Å². The first-order valence-electron chi connectivity index (χ1n) is 8.84. The molecule has 24 heavy (non-hydrogen) atoms. The summed E-state index contributed by atoms with van der Waals surface area (Å²) < 4.78 is 0. The van der Waals surface area contributed by atoms with Gasteiger partial charge in [0, 0.05) is 30.3 Å². The molecule has 1 aromatic heterocycles. The van der Waals surface area contributed by atoms with Crippen molar-refractivity contribution in [2.75, 3.05) is 13.1 Å². The summed E-state index contributed by atoms with van der Waals surface area (Å²) in [6, 6.07) is 9.26. The van der Waals surface area contributed by atoms with Crippen LogP contribution in [0.25, 0.3) is 10.9 Å². The summed E-state index contributed by atoms with van der Waals surface area (Å²) in [6.45, 7) is 13.0. The third-order valence-electron chi connectivity index (χ3n) is 4.73. The molecule has 0 amide bonds. The number of nitrogens with one attached hydrogen (secondary N) is 3. The van der Waals surface area contributed by atoms with Crippen molar-refractivity contribution in [2.45, 2.75) is 38.8 Å². The number of hydrogen-bond acceptors (Lipinski definition) is 3. The Labute approximate surface area is 144 Å². The van der Waals surface area contributed by atoms with Crippen LogP contribution in [0.3, 0.4) is 0 Å². The first-order chi connectivity index (χ1) is 11.7. The monoisotopic (exact) mass is 324 g/mol. The van der Waals surface area contributed by atoms with Gasteiger partial charge in [-0.15, -0.1) is 0 Å². The number of aromatic amines is 1. The number of H-pyrrole nitrogens is 1. The van der Waals surface area contributed by atoms with E-state index in [0.29, 0.717) is 6.04 Å². The van der Waals surface area contributed by atoms with Gasteiger partial charge in [0.05, 0.1) is 12.4 Å². The molecule has 128 valence electrons. The van der Waals surface area contributed by atoms with E-state index in [1.54, 1.807) is 0 Å². The predicted molar refractivity (Wildman–Crippen MR) is 102 cm³/mol. The van der Waals surface area contributed by atoms with E-state index in [4.69, 9.17) is 0 Å². The minimum absolute atomic E-state index is 0.437. The van der Waals surface area contributed by atoms with Crippen LogP contribution in [0.1, 0.15) is 31.0 Å². The first kappa shape index (κ1) is 16.5. The number of benzene rings is 1. The Morgan fingerprint density at radius 1 is 1.42 bits per heavy atom. The van der Waals surface area contributed by atoms with Gasteiger partial charge in [0.25, 0.3) is 0 Å². The Bertz CT molecular complexity index is 715. The highest BCUT2D eigenvalue weighted by Gasteiger charge is 2.17. The number of nitrogens with zero attached hydrogens (tertiary/aromatic N) is 1. The zero-order valence-corrected chi connectivity index (χ0v) is 14.6. The molecule has 2 aromatic rings. The minimum Gasteiger partial charge on any atom is -0.376 e. The topological polar surface area (TPSA) is 43.1 Å². The Kier molecular flexibility index (Phi) is 5.14. The van der Waals surface area contributed by atoms with Crippen molar-refractivity contribution < 1.29 is 0 Å². The number of aromatic nitrogens is 1. The zero-order chi connectivity index (χ0) is 16.9. The van der Waals surface area contributed by atoms with Gasteiger partial charge in [0.2, 0.25) is 0 Å². The molecular weight excluding hydrogens is 296 g/mol. The van der Waals surface area contributed by atoms with Crippen LogP contribution in [0.2, 0.25) is 0 Å². The van der Waals surface area contributed by atoms with Crippen LogP contribution in [-0.4, -0.2) is 29.0 Å². The zero-order valence-electron chi connectivity index (χ0n) is 14.6. The fourth-order valence-electron chi connectivity index (χ4n) is 3.35. The largest absolute Gasteiger partial charge is 0.376 e. The molecule has 1 unspecified atom stereocenters. The lowest BCUT2D eigenvalue weighted by atomic mass is 10.1. The third-order valence-corrected chi connectivity index (χ3v) is 4.73. The average Bonchev–Trinajstić information content (AvgIpc) is 3.02. The lowest BCUT2D eigenvalue weighted by molar-refractivity contribution is 0.259. The maximum Gasteiger partial charge on any atom is 0.0918 e. The molecule has 0 aliphatic carbocycles. The quantitative estimate of drug-likeness (QED) is 0.730. The van der Waals surface area contributed by atoms with Gasteiger partial charge < -0.3 is 20.5 Å². The summed E-state index contributed by atoms with van der Waals surface area (Å²) in [7, 11) is 0. The van der Waals surface area contributed by atoms with Crippen molar-refractivity contribution in [3.05, 3.63) is 60.7 Å². The molecule has 1 saturated heterocycles. The van der Waals surface area contributed by atoms with Gasteiger partial charge in [0.15, 0.2) is 0 Å². The van der Waals surface area contributed by atoms with Gasteiger partial charge in [-0.2, -0.15) is 0 Å². The van der Waals surface area contributed by atoms with Gasteiger partial charge >= 0.3 is 0 Å². The third kappa shape index (κ3) is 3.94. The average molecular weight is 324 g/mol. The molecule has 4 nitrogen and oxygen atoms in total. The molecule has 3 N–H and O–H groups in total. The lowest BCUT2D eigenvalue weighted by Gasteiger charge is -2.33. The van der Waals surface area contributed by atoms with Gasteiger partial charge in [-0.05, 0) is 54.6 Å². The second-order valence-corrected chi connectivity index (χ2v) is 6.56. The number of rotatable bonds is 7. The van der Waals surface area contributed by atoms with E-state index in [9.17, 15) is 0 Å². The molecule has 0 saturated carbocycles. The fraction of sp³-hybridized carbons (Fsp3) is 0.400. The first-order valence-corrected chi connectivity index (χ1v) is 8.84. The summed E-state index contributed by atoms with van der Waals surface area (Å²) in [6.07, 6.45) is 5.37. The molecule has 1 aromatic carbocycles. The van der Waals surface area contributed by atoms with E-state index < -0.39 is 0 Å². The van der Waals surface area contributed by atoms with Crippen molar-refractivity contribution in [1.29, 1.82) is 0 Å². The van der Waals surface area contributed by atoms with Crippen LogP contribution in [0, 0.1) is 0 Å². The van der Waals surface area contributed by atoms with Crippen LogP contribution in [0.15, 0.2) is 49.4 Å². The molecular formula is C20H28N4. The molecule has 1 aliphatic rings. The highest BCUT2D eigenvalue weighted by Crippen LogP contribution is 2.18. The maximum absolute atomic E-state index is 4.12. The standard InChI is InChI=1S/C20H28N4/c1-4-16-8-9-20-17(11-16)12-19(23-20)13-21-15(3)22-18-7-6-10-24(5-2)14-18/h5,8-9,11-12,18,21-23H,2-4,6-7,10,13-14H2,1H3. The minimum atomic E-state index is 0.437. The summed E-state index contributed by atoms with van der Waals surface area (Å²) in [5.41, 5.74) is 3.74. The van der Waals surface area contributed by atoms with Gasteiger partial charge in [0.1, 0.15) is 0 Å². The Hall–Kier alpha value is -2.36. The van der Waals surface area contributed by atoms with Crippen LogP contribution >= 0.6 is 0 Å². The van der Waals surface area contributed by atoms with E-state index in [2.05, 4.69) is 64.9 Å². The van der Waals surface area contributed by atoms with E-state index in [-0.39, 0.29) is 0 Å². The van der Waals surface area contributed by atoms with Gasteiger partial charge in [-0.3, -0.25) is 0 Å². The number of hydrogen-bond donors (Lipinski definition) is 3. The van der Waals surface area contributed by atoms with Crippen molar-refractivity contribution >= 4 is 10.9 Å². The highest BCUT2D eigenvalue weighted by molar-refractivity contribution is 5.81. The van der Waals surface area contributed by atoms with Crippen LogP contribution < -0.4 is 10.6 Å².